The lowest BCUT2D eigenvalue weighted by Crippen LogP contribution is -2.53. The second-order valence-corrected chi connectivity index (χ2v) is 5.24. The summed E-state index contributed by atoms with van der Waals surface area (Å²) in [6.45, 7) is 0.227. The Morgan fingerprint density at radius 2 is 1.84 bits per heavy atom. The van der Waals surface area contributed by atoms with Crippen LogP contribution < -0.4 is 10.6 Å². The zero-order chi connectivity index (χ0) is 14.5. The fourth-order valence-corrected chi connectivity index (χ4v) is 2.40. The van der Waals surface area contributed by atoms with E-state index in [1.807, 2.05) is 14.1 Å². The average molecular weight is 273 g/mol. The molecule has 0 spiro atoms. The van der Waals surface area contributed by atoms with Crippen LogP contribution in [0.5, 0.6) is 0 Å². The van der Waals surface area contributed by atoms with Crippen LogP contribution in [-0.4, -0.2) is 65.9 Å². The topological polar surface area (TPSA) is 102 Å². The standard InChI is InChI=1S/C12H23N3O4/c1-15(2)12(5-3-4-6-12)8-14-11(19)13-7-9(16)10(17)18/h9,16H,3-8H2,1-2H3,(H,17,18)(H2,13,14,19). The van der Waals surface area contributed by atoms with Crippen molar-refractivity contribution in [2.24, 2.45) is 0 Å². The molecule has 1 saturated carbocycles. The van der Waals surface area contributed by atoms with Gasteiger partial charge in [-0.3, -0.25) is 0 Å². The predicted octanol–water partition coefficient (Wildman–Crippen LogP) is -0.394. The molecule has 1 unspecified atom stereocenters. The molecule has 2 amide bonds. The number of carboxylic acid groups (broad SMARTS) is 1. The third-order valence-corrected chi connectivity index (χ3v) is 3.80. The highest BCUT2D eigenvalue weighted by Gasteiger charge is 2.36. The van der Waals surface area contributed by atoms with Crippen molar-refractivity contribution in [3.8, 4) is 0 Å². The van der Waals surface area contributed by atoms with Crippen LogP contribution in [0.15, 0.2) is 0 Å². The quantitative estimate of drug-likeness (QED) is 0.528. The van der Waals surface area contributed by atoms with E-state index in [4.69, 9.17) is 10.2 Å². The Balaban J connectivity index is 2.35. The normalized spacial score (nSPS) is 19.2. The first-order valence-electron chi connectivity index (χ1n) is 6.47. The average Bonchev–Trinajstić information content (AvgIpc) is 2.83. The maximum atomic E-state index is 11.5. The molecule has 0 radical (unpaired) electrons. The largest absolute Gasteiger partial charge is 0.479 e. The Labute approximate surface area is 113 Å². The number of nitrogens with zero attached hydrogens (tertiary/aromatic N) is 1. The molecule has 110 valence electrons. The van der Waals surface area contributed by atoms with Gasteiger partial charge in [0, 0.05) is 12.1 Å². The van der Waals surface area contributed by atoms with Gasteiger partial charge in [0.05, 0.1) is 6.54 Å². The van der Waals surface area contributed by atoms with Crippen LogP contribution in [0, 0.1) is 0 Å². The number of carbonyl (C=O) groups excluding carboxylic acids is 1. The number of carboxylic acids is 1. The molecule has 0 saturated heterocycles. The van der Waals surface area contributed by atoms with Gasteiger partial charge in [0.15, 0.2) is 6.10 Å². The summed E-state index contributed by atoms with van der Waals surface area (Å²) in [6, 6.07) is -0.451. The molecule has 1 atom stereocenters. The van der Waals surface area contributed by atoms with Crippen molar-refractivity contribution in [3.05, 3.63) is 0 Å². The number of carbonyl (C=O) groups is 2. The Hall–Kier alpha value is -1.34. The first-order valence-corrected chi connectivity index (χ1v) is 6.47. The molecule has 0 bridgehead atoms. The molecular formula is C12H23N3O4. The minimum absolute atomic E-state index is 0.0112. The van der Waals surface area contributed by atoms with E-state index in [1.165, 1.54) is 0 Å². The molecule has 0 aromatic rings. The first-order chi connectivity index (χ1) is 8.87. The van der Waals surface area contributed by atoms with Gasteiger partial charge >= 0.3 is 12.0 Å². The summed E-state index contributed by atoms with van der Waals surface area (Å²) < 4.78 is 0. The van der Waals surface area contributed by atoms with Gasteiger partial charge in [-0.1, -0.05) is 12.8 Å². The molecule has 0 aliphatic heterocycles. The van der Waals surface area contributed by atoms with Crippen LogP contribution in [-0.2, 0) is 4.79 Å². The second-order valence-electron chi connectivity index (χ2n) is 5.24. The third kappa shape index (κ3) is 4.36. The lowest BCUT2D eigenvalue weighted by molar-refractivity contribution is -0.146. The predicted molar refractivity (Wildman–Crippen MR) is 69.9 cm³/mol. The lowest BCUT2D eigenvalue weighted by atomic mass is 9.96. The van der Waals surface area contributed by atoms with E-state index in [9.17, 15) is 9.59 Å². The van der Waals surface area contributed by atoms with Crippen molar-refractivity contribution in [3.63, 3.8) is 0 Å². The van der Waals surface area contributed by atoms with Crippen molar-refractivity contribution in [2.75, 3.05) is 27.2 Å². The smallest absolute Gasteiger partial charge is 0.334 e. The highest BCUT2D eigenvalue weighted by molar-refractivity contribution is 5.76. The molecule has 4 N–H and O–H groups in total. The van der Waals surface area contributed by atoms with E-state index in [0.717, 1.165) is 25.7 Å². The molecule has 1 aliphatic rings. The molecule has 1 fully saturated rings. The first kappa shape index (κ1) is 15.7. The molecule has 1 aliphatic carbocycles. The Kier molecular flexibility index (Phi) is 5.56. The number of likely N-dealkylation sites (N-methyl/N-ethyl adjacent to an activating group) is 1. The summed E-state index contributed by atoms with van der Waals surface area (Å²) in [5.74, 6) is -1.35. The van der Waals surface area contributed by atoms with Gasteiger partial charge in [-0.25, -0.2) is 9.59 Å². The highest BCUT2D eigenvalue weighted by atomic mass is 16.4. The van der Waals surface area contributed by atoms with Crippen LogP contribution in [0.3, 0.4) is 0 Å². The molecule has 7 nitrogen and oxygen atoms in total. The van der Waals surface area contributed by atoms with E-state index in [1.54, 1.807) is 0 Å². The summed E-state index contributed by atoms with van der Waals surface area (Å²) in [5, 5.41) is 22.6. The number of rotatable bonds is 6. The molecule has 19 heavy (non-hydrogen) atoms. The van der Waals surface area contributed by atoms with Crippen molar-refractivity contribution in [1.82, 2.24) is 15.5 Å². The maximum absolute atomic E-state index is 11.5. The molecule has 0 heterocycles. The van der Waals surface area contributed by atoms with Crippen LogP contribution in [0.2, 0.25) is 0 Å². The van der Waals surface area contributed by atoms with Crippen LogP contribution in [0.1, 0.15) is 25.7 Å². The summed E-state index contributed by atoms with van der Waals surface area (Å²) in [6.07, 6.45) is 2.81. The Bertz CT molecular complexity index is 327. The zero-order valence-corrected chi connectivity index (χ0v) is 11.5. The van der Waals surface area contributed by atoms with Gasteiger partial charge in [-0.2, -0.15) is 0 Å². The summed E-state index contributed by atoms with van der Waals surface area (Å²) in [7, 11) is 4.00. The Morgan fingerprint density at radius 3 is 2.32 bits per heavy atom. The molecule has 1 rings (SSSR count). The number of amides is 2. The monoisotopic (exact) mass is 273 g/mol. The number of hydrogen-bond acceptors (Lipinski definition) is 4. The molecular weight excluding hydrogens is 250 g/mol. The minimum atomic E-state index is -1.57. The van der Waals surface area contributed by atoms with Gasteiger partial charge in [-0.15, -0.1) is 0 Å². The third-order valence-electron chi connectivity index (χ3n) is 3.80. The summed E-state index contributed by atoms with van der Waals surface area (Å²) in [5.41, 5.74) is -0.0112. The maximum Gasteiger partial charge on any atom is 0.334 e. The van der Waals surface area contributed by atoms with Gasteiger partial charge in [0.2, 0.25) is 0 Å². The number of aliphatic hydroxyl groups excluding tert-OH is 1. The van der Waals surface area contributed by atoms with E-state index in [-0.39, 0.29) is 12.1 Å². The highest BCUT2D eigenvalue weighted by Crippen LogP contribution is 2.32. The van der Waals surface area contributed by atoms with Crippen LogP contribution in [0.4, 0.5) is 4.79 Å². The number of hydrogen-bond donors (Lipinski definition) is 4. The fourth-order valence-electron chi connectivity index (χ4n) is 2.40. The second kappa shape index (κ2) is 6.72. The number of nitrogens with one attached hydrogen (secondary N) is 2. The molecule has 7 heteroatoms. The number of aliphatic hydroxyl groups is 1. The van der Waals surface area contributed by atoms with Crippen molar-refractivity contribution in [2.45, 2.75) is 37.3 Å². The minimum Gasteiger partial charge on any atom is -0.479 e. The van der Waals surface area contributed by atoms with Crippen LogP contribution >= 0.6 is 0 Å². The Morgan fingerprint density at radius 1 is 1.26 bits per heavy atom. The van der Waals surface area contributed by atoms with Gasteiger partial charge < -0.3 is 25.7 Å². The van der Waals surface area contributed by atoms with Gasteiger partial charge in [-0.05, 0) is 26.9 Å². The summed E-state index contributed by atoms with van der Waals surface area (Å²) >= 11 is 0. The van der Waals surface area contributed by atoms with E-state index in [0.29, 0.717) is 6.54 Å². The van der Waals surface area contributed by atoms with Crippen molar-refractivity contribution < 1.29 is 19.8 Å². The van der Waals surface area contributed by atoms with E-state index >= 15 is 0 Å². The summed E-state index contributed by atoms with van der Waals surface area (Å²) in [4.78, 5) is 24.1. The van der Waals surface area contributed by atoms with Crippen molar-refractivity contribution in [1.29, 1.82) is 0 Å². The fraction of sp³-hybridized carbons (Fsp3) is 0.833. The zero-order valence-electron chi connectivity index (χ0n) is 11.5. The number of urea groups is 1. The van der Waals surface area contributed by atoms with Crippen molar-refractivity contribution >= 4 is 12.0 Å². The van der Waals surface area contributed by atoms with Gasteiger partial charge in [0.1, 0.15) is 0 Å². The molecule has 0 aromatic carbocycles. The lowest BCUT2D eigenvalue weighted by Gasteiger charge is -2.36. The van der Waals surface area contributed by atoms with Gasteiger partial charge in [0.25, 0.3) is 0 Å². The SMILES string of the molecule is CN(C)C1(CNC(=O)NCC(O)C(=O)O)CCCC1. The van der Waals surface area contributed by atoms with E-state index < -0.39 is 18.1 Å². The van der Waals surface area contributed by atoms with E-state index in [2.05, 4.69) is 15.5 Å². The van der Waals surface area contributed by atoms with Crippen LogP contribution in [0.25, 0.3) is 0 Å². The molecule has 0 aromatic heterocycles. The number of aliphatic carboxylic acids is 1.